The molecule has 1 aliphatic heterocycles. The predicted octanol–water partition coefficient (Wildman–Crippen LogP) is 4.34. The third-order valence-corrected chi connectivity index (χ3v) is 6.99. The Kier molecular flexibility index (Phi) is 6.13. The number of thiazole rings is 1. The van der Waals surface area contributed by atoms with Gasteiger partial charge in [0.2, 0.25) is 5.69 Å². The number of aryl methyl sites for hydroxylation is 2. The standard InChI is InChI=1S/C20H19ClN6O5S/c1-11-17(27(31)32)18(24(2)23-11)20(28)25-7-5-12(6-8-25)19-22-15(10-33-19)13-3-4-14(21)16(9-13)26(29)30/h3-4,9-10,12H,5-8H2,1-2H3. The number of piperidine rings is 1. The molecule has 33 heavy (non-hydrogen) atoms. The van der Waals surface area contributed by atoms with Crippen LogP contribution >= 0.6 is 22.9 Å². The fourth-order valence-corrected chi connectivity index (χ4v) is 5.19. The van der Waals surface area contributed by atoms with Gasteiger partial charge in [-0.1, -0.05) is 17.7 Å². The van der Waals surface area contributed by atoms with E-state index in [1.54, 1.807) is 11.0 Å². The summed E-state index contributed by atoms with van der Waals surface area (Å²) in [6.07, 6.45) is 1.31. The summed E-state index contributed by atoms with van der Waals surface area (Å²) >= 11 is 7.36. The zero-order valence-corrected chi connectivity index (χ0v) is 19.3. The second kappa shape index (κ2) is 8.87. The number of carbonyl (C=O) groups excluding carboxylic acids is 1. The lowest BCUT2D eigenvalue weighted by molar-refractivity contribution is -0.385. The Balaban J connectivity index is 1.47. The molecule has 0 radical (unpaired) electrons. The van der Waals surface area contributed by atoms with Gasteiger partial charge in [0, 0.05) is 43.1 Å². The molecule has 1 aliphatic rings. The van der Waals surface area contributed by atoms with Crippen molar-refractivity contribution in [1.82, 2.24) is 19.7 Å². The first-order valence-corrected chi connectivity index (χ1v) is 11.3. The van der Waals surface area contributed by atoms with Crippen molar-refractivity contribution in [1.29, 1.82) is 0 Å². The molecule has 1 saturated heterocycles. The molecule has 3 heterocycles. The Labute approximate surface area is 196 Å². The molecule has 0 saturated carbocycles. The van der Waals surface area contributed by atoms with E-state index < -0.39 is 15.8 Å². The summed E-state index contributed by atoms with van der Waals surface area (Å²) < 4.78 is 1.26. The highest BCUT2D eigenvalue weighted by atomic mass is 35.5. The smallest absolute Gasteiger partial charge is 0.322 e. The molecular weight excluding hydrogens is 472 g/mol. The fourth-order valence-electron chi connectivity index (χ4n) is 4.00. The van der Waals surface area contributed by atoms with Gasteiger partial charge in [0.15, 0.2) is 0 Å². The van der Waals surface area contributed by atoms with Crippen molar-refractivity contribution in [3.63, 3.8) is 0 Å². The van der Waals surface area contributed by atoms with Crippen molar-refractivity contribution in [2.45, 2.75) is 25.7 Å². The van der Waals surface area contributed by atoms with Crippen LogP contribution in [0.25, 0.3) is 11.3 Å². The Morgan fingerprint density at radius 1 is 1.21 bits per heavy atom. The first-order chi connectivity index (χ1) is 15.7. The molecule has 0 bridgehead atoms. The monoisotopic (exact) mass is 490 g/mol. The van der Waals surface area contributed by atoms with Crippen molar-refractivity contribution >= 4 is 40.2 Å². The molecule has 0 N–H and O–H groups in total. The van der Waals surface area contributed by atoms with Gasteiger partial charge in [-0.2, -0.15) is 5.10 Å². The molecule has 13 heteroatoms. The van der Waals surface area contributed by atoms with Gasteiger partial charge in [-0.25, -0.2) is 4.98 Å². The average Bonchev–Trinajstić information content (AvgIpc) is 3.38. The molecule has 4 rings (SSSR count). The van der Waals surface area contributed by atoms with Crippen LogP contribution < -0.4 is 0 Å². The van der Waals surface area contributed by atoms with Gasteiger partial charge in [-0.3, -0.25) is 29.7 Å². The number of likely N-dealkylation sites (tertiary alicyclic amines) is 1. The lowest BCUT2D eigenvalue weighted by atomic mass is 9.97. The van der Waals surface area contributed by atoms with E-state index in [9.17, 15) is 25.0 Å². The summed E-state index contributed by atoms with van der Waals surface area (Å²) in [5.74, 6) is -0.283. The number of halogens is 1. The molecule has 0 atom stereocenters. The minimum absolute atomic E-state index is 0.0168. The maximum Gasteiger partial charge on any atom is 0.322 e. The topological polar surface area (TPSA) is 137 Å². The fraction of sp³-hybridized carbons (Fsp3) is 0.350. The van der Waals surface area contributed by atoms with E-state index in [0.29, 0.717) is 37.2 Å². The van der Waals surface area contributed by atoms with Crippen molar-refractivity contribution < 1.29 is 14.6 Å². The maximum atomic E-state index is 13.0. The first-order valence-electron chi connectivity index (χ1n) is 10.0. The van der Waals surface area contributed by atoms with Crippen molar-refractivity contribution in [2.75, 3.05) is 13.1 Å². The van der Waals surface area contributed by atoms with Gasteiger partial charge in [-0.15, -0.1) is 11.3 Å². The molecule has 1 fully saturated rings. The molecule has 2 aromatic heterocycles. The van der Waals surface area contributed by atoms with Crippen LogP contribution in [0.5, 0.6) is 0 Å². The molecular formula is C20H19ClN6O5S. The molecule has 0 spiro atoms. The molecule has 1 aromatic carbocycles. The van der Waals surface area contributed by atoms with E-state index in [1.807, 2.05) is 5.38 Å². The minimum Gasteiger partial charge on any atom is -0.337 e. The number of hydrogen-bond donors (Lipinski definition) is 0. The van der Waals surface area contributed by atoms with E-state index in [2.05, 4.69) is 10.1 Å². The Morgan fingerprint density at radius 3 is 2.55 bits per heavy atom. The number of nitrogens with zero attached hydrogens (tertiary/aromatic N) is 6. The van der Waals surface area contributed by atoms with Gasteiger partial charge < -0.3 is 4.90 Å². The molecule has 0 unspecified atom stereocenters. The van der Waals surface area contributed by atoms with E-state index in [1.165, 1.54) is 42.1 Å². The summed E-state index contributed by atoms with van der Waals surface area (Å²) in [7, 11) is 1.53. The van der Waals surface area contributed by atoms with Crippen molar-refractivity contribution in [3.05, 3.63) is 65.2 Å². The lowest BCUT2D eigenvalue weighted by Crippen LogP contribution is -2.39. The summed E-state index contributed by atoms with van der Waals surface area (Å²) in [4.78, 5) is 40.7. The lowest BCUT2D eigenvalue weighted by Gasteiger charge is -2.30. The summed E-state index contributed by atoms with van der Waals surface area (Å²) in [6.45, 7) is 2.38. The summed E-state index contributed by atoms with van der Waals surface area (Å²) in [5.41, 5.74) is 1.01. The van der Waals surface area contributed by atoms with E-state index in [4.69, 9.17) is 11.6 Å². The third-order valence-electron chi connectivity index (χ3n) is 5.67. The van der Waals surface area contributed by atoms with Gasteiger partial charge in [-0.05, 0) is 25.8 Å². The SMILES string of the molecule is Cc1nn(C)c(C(=O)N2CCC(c3nc(-c4ccc(Cl)c([N+](=O)[O-])c4)cs3)CC2)c1[N+](=O)[O-]. The van der Waals surface area contributed by atoms with Crippen LogP contribution in [0.4, 0.5) is 11.4 Å². The Hall–Kier alpha value is -3.38. The highest BCUT2D eigenvalue weighted by Gasteiger charge is 2.34. The third kappa shape index (κ3) is 4.31. The minimum atomic E-state index is -0.569. The Bertz CT molecular complexity index is 1260. The Morgan fingerprint density at radius 2 is 1.91 bits per heavy atom. The summed E-state index contributed by atoms with van der Waals surface area (Å²) in [6, 6.07) is 4.58. The molecule has 1 amide bonds. The van der Waals surface area contributed by atoms with Crippen LogP contribution in [0.3, 0.4) is 0 Å². The van der Waals surface area contributed by atoms with Crippen molar-refractivity contribution in [2.24, 2.45) is 7.05 Å². The van der Waals surface area contributed by atoms with Gasteiger partial charge in [0.25, 0.3) is 11.6 Å². The number of aromatic nitrogens is 3. The second-order valence-corrected chi connectivity index (χ2v) is 9.02. The zero-order valence-electron chi connectivity index (χ0n) is 17.7. The second-order valence-electron chi connectivity index (χ2n) is 7.72. The van der Waals surface area contributed by atoms with E-state index in [0.717, 1.165) is 5.01 Å². The number of amides is 1. The van der Waals surface area contributed by atoms with Crippen LogP contribution in [0.1, 0.15) is 39.9 Å². The normalized spacial score (nSPS) is 14.5. The van der Waals surface area contributed by atoms with Gasteiger partial charge in [0.1, 0.15) is 10.7 Å². The number of hydrogen-bond acceptors (Lipinski definition) is 8. The number of nitro groups is 2. The average molecular weight is 491 g/mol. The maximum absolute atomic E-state index is 13.0. The predicted molar refractivity (Wildman–Crippen MR) is 122 cm³/mol. The highest BCUT2D eigenvalue weighted by molar-refractivity contribution is 7.10. The van der Waals surface area contributed by atoms with Crippen LogP contribution in [-0.2, 0) is 7.05 Å². The van der Waals surface area contributed by atoms with Crippen LogP contribution in [0, 0.1) is 27.2 Å². The molecule has 3 aromatic rings. The van der Waals surface area contributed by atoms with Crippen LogP contribution in [0.15, 0.2) is 23.6 Å². The zero-order chi connectivity index (χ0) is 23.9. The number of nitro benzene ring substituents is 1. The van der Waals surface area contributed by atoms with E-state index in [-0.39, 0.29) is 33.7 Å². The quantitative estimate of drug-likeness (QED) is 0.383. The van der Waals surface area contributed by atoms with Crippen LogP contribution in [0.2, 0.25) is 5.02 Å². The largest absolute Gasteiger partial charge is 0.337 e. The highest BCUT2D eigenvalue weighted by Crippen LogP contribution is 2.36. The first kappa shape index (κ1) is 22.8. The number of rotatable bonds is 5. The molecule has 11 nitrogen and oxygen atoms in total. The number of benzene rings is 1. The summed E-state index contributed by atoms with van der Waals surface area (Å²) in [5, 5.41) is 29.4. The van der Waals surface area contributed by atoms with Gasteiger partial charge >= 0.3 is 5.69 Å². The van der Waals surface area contributed by atoms with Crippen molar-refractivity contribution in [3.8, 4) is 11.3 Å². The van der Waals surface area contributed by atoms with Gasteiger partial charge in [0.05, 0.1) is 20.5 Å². The van der Waals surface area contributed by atoms with Crippen LogP contribution in [-0.4, -0.2) is 48.5 Å². The molecule has 0 aliphatic carbocycles. The van der Waals surface area contributed by atoms with E-state index >= 15 is 0 Å². The molecule has 172 valence electrons. The number of carbonyl (C=O) groups is 1.